The summed E-state index contributed by atoms with van der Waals surface area (Å²) in [6, 6.07) is 19.8. The molecule has 1 atom stereocenters. The lowest BCUT2D eigenvalue weighted by Gasteiger charge is -2.38. The van der Waals surface area contributed by atoms with E-state index in [1.807, 2.05) is 42.5 Å². The van der Waals surface area contributed by atoms with Crippen LogP contribution in [0.15, 0.2) is 60.7 Å². The normalized spacial score (nSPS) is 15.0. The van der Waals surface area contributed by atoms with Crippen molar-refractivity contribution in [1.82, 2.24) is 4.90 Å². The van der Waals surface area contributed by atoms with E-state index < -0.39 is 0 Å². The van der Waals surface area contributed by atoms with E-state index in [9.17, 15) is 4.79 Å². The molecule has 1 aliphatic rings. The maximum atomic E-state index is 12.7. The Kier molecular flexibility index (Phi) is 8.90. The minimum absolute atomic E-state index is 0.0147. The summed E-state index contributed by atoms with van der Waals surface area (Å²) in [5.74, 6) is 2.60. The number of hydrogen-bond acceptors (Lipinski definition) is 7. The van der Waals surface area contributed by atoms with Crippen molar-refractivity contribution in [2.45, 2.75) is 38.5 Å². The first-order chi connectivity index (χ1) is 18.1. The van der Waals surface area contributed by atoms with Gasteiger partial charge in [0.15, 0.2) is 23.0 Å². The molecule has 1 unspecified atom stereocenters. The Morgan fingerprint density at radius 1 is 0.811 bits per heavy atom. The zero-order valence-electron chi connectivity index (χ0n) is 22.0. The number of esters is 1. The fraction of sp³-hybridized carbons (Fsp3) is 0.367. The third-order valence-electron chi connectivity index (χ3n) is 6.81. The van der Waals surface area contributed by atoms with Gasteiger partial charge >= 0.3 is 5.97 Å². The molecular formula is C30H35NO6. The molecule has 7 nitrogen and oxygen atoms in total. The Morgan fingerprint density at radius 3 is 2.19 bits per heavy atom. The van der Waals surface area contributed by atoms with E-state index in [-0.39, 0.29) is 18.6 Å². The molecule has 0 amide bonds. The van der Waals surface area contributed by atoms with Crippen molar-refractivity contribution in [2.24, 2.45) is 0 Å². The molecule has 1 heterocycles. The van der Waals surface area contributed by atoms with Gasteiger partial charge in [-0.05, 0) is 59.4 Å². The first-order valence-electron chi connectivity index (χ1n) is 12.5. The van der Waals surface area contributed by atoms with Gasteiger partial charge in [0.2, 0.25) is 0 Å². The summed E-state index contributed by atoms with van der Waals surface area (Å²) < 4.78 is 27.6. The zero-order chi connectivity index (χ0) is 26.2. The molecule has 0 bridgehead atoms. The summed E-state index contributed by atoms with van der Waals surface area (Å²) >= 11 is 0. The molecule has 4 rings (SSSR count). The van der Waals surface area contributed by atoms with Crippen LogP contribution in [0.2, 0.25) is 0 Å². The smallest absolute Gasteiger partial charge is 0.306 e. The Morgan fingerprint density at radius 2 is 1.49 bits per heavy atom. The van der Waals surface area contributed by atoms with Gasteiger partial charge in [-0.15, -0.1) is 0 Å². The van der Waals surface area contributed by atoms with Crippen LogP contribution in [0.5, 0.6) is 23.0 Å². The van der Waals surface area contributed by atoms with Gasteiger partial charge in [0.1, 0.15) is 6.61 Å². The molecule has 3 aromatic rings. The Hall–Kier alpha value is -3.71. The lowest BCUT2D eigenvalue weighted by Crippen LogP contribution is -2.35. The minimum atomic E-state index is -0.206. The molecule has 37 heavy (non-hydrogen) atoms. The molecule has 0 N–H and O–H groups in total. The second-order valence-electron chi connectivity index (χ2n) is 9.02. The number of fused-ring (bicyclic) bond motifs is 1. The molecule has 7 heteroatoms. The van der Waals surface area contributed by atoms with Gasteiger partial charge in [-0.2, -0.15) is 0 Å². The zero-order valence-corrected chi connectivity index (χ0v) is 22.0. The highest BCUT2D eigenvalue weighted by Crippen LogP contribution is 2.41. The van der Waals surface area contributed by atoms with Crippen molar-refractivity contribution in [3.8, 4) is 23.0 Å². The number of benzene rings is 3. The van der Waals surface area contributed by atoms with Crippen LogP contribution >= 0.6 is 0 Å². The van der Waals surface area contributed by atoms with Gasteiger partial charge in [-0.25, -0.2) is 0 Å². The van der Waals surface area contributed by atoms with Gasteiger partial charge in [-0.1, -0.05) is 36.4 Å². The second kappa shape index (κ2) is 12.5. The number of methoxy groups -OCH3 is 4. The van der Waals surface area contributed by atoms with Gasteiger partial charge in [-0.3, -0.25) is 9.69 Å². The number of hydrogen-bond donors (Lipinski definition) is 0. The topological polar surface area (TPSA) is 66.5 Å². The standard InChI is InChI=1S/C30H35NO6/c1-33-26-12-10-22(16-27(26)34-2)19-31-15-14-23-17-28(35-3)29(36-4)18-24(23)25(31)11-13-30(32)37-20-21-8-6-5-7-9-21/h5-10,12,16-18,25H,11,13-15,19-20H2,1-4H3. The largest absolute Gasteiger partial charge is 0.493 e. The molecule has 0 radical (unpaired) electrons. The van der Waals surface area contributed by atoms with Crippen LogP contribution in [0.1, 0.15) is 41.1 Å². The summed E-state index contributed by atoms with van der Waals surface area (Å²) in [7, 11) is 6.57. The van der Waals surface area contributed by atoms with E-state index in [1.165, 1.54) is 5.56 Å². The fourth-order valence-corrected chi connectivity index (χ4v) is 4.89. The minimum Gasteiger partial charge on any atom is -0.493 e. The fourth-order valence-electron chi connectivity index (χ4n) is 4.89. The van der Waals surface area contributed by atoms with Crippen molar-refractivity contribution < 1.29 is 28.5 Å². The van der Waals surface area contributed by atoms with Gasteiger partial charge in [0.05, 0.1) is 28.4 Å². The van der Waals surface area contributed by atoms with E-state index in [0.717, 1.165) is 35.4 Å². The lowest BCUT2D eigenvalue weighted by atomic mass is 9.89. The number of ether oxygens (including phenoxy) is 5. The monoisotopic (exact) mass is 505 g/mol. The highest BCUT2D eigenvalue weighted by atomic mass is 16.5. The van der Waals surface area contributed by atoms with Crippen LogP contribution in [0.3, 0.4) is 0 Å². The molecule has 196 valence electrons. The molecule has 0 saturated carbocycles. The quantitative estimate of drug-likeness (QED) is 0.326. The van der Waals surface area contributed by atoms with Gasteiger partial charge in [0, 0.05) is 25.6 Å². The Balaban J connectivity index is 1.55. The van der Waals surface area contributed by atoms with Crippen molar-refractivity contribution in [3.63, 3.8) is 0 Å². The molecule has 0 aromatic heterocycles. The molecule has 0 saturated heterocycles. The highest BCUT2D eigenvalue weighted by molar-refractivity contribution is 5.69. The Bertz CT molecular complexity index is 1200. The maximum absolute atomic E-state index is 12.7. The molecule has 0 aliphatic carbocycles. The van der Waals surface area contributed by atoms with Crippen molar-refractivity contribution >= 4 is 5.97 Å². The van der Waals surface area contributed by atoms with E-state index in [1.54, 1.807) is 28.4 Å². The SMILES string of the molecule is COc1ccc(CN2CCc3cc(OC)c(OC)cc3C2CCC(=O)OCc2ccccc2)cc1OC. The number of carbonyl (C=O) groups is 1. The summed E-state index contributed by atoms with van der Waals surface area (Å²) in [6.45, 7) is 1.83. The van der Waals surface area contributed by atoms with E-state index in [2.05, 4.69) is 23.1 Å². The average Bonchev–Trinajstić information content (AvgIpc) is 2.95. The van der Waals surface area contributed by atoms with E-state index in [4.69, 9.17) is 23.7 Å². The second-order valence-corrected chi connectivity index (χ2v) is 9.02. The molecule has 3 aromatic carbocycles. The van der Waals surface area contributed by atoms with Crippen molar-refractivity contribution in [3.05, 3.63) is 82.9 Å². The third kappa shape index (κ3) is 6.35. The van der Waals surface area contributed by atoms with E-state index in [0.29, 0.717) is 36.6 Å². The average molecular weight is 506 g/mol. The molecule has 0 spiro atoms. The molecule has 0 fully saturated rings. The summed E-state index contributed by atoms with van der Waals surface area (Å²) in [6.07, 6.45) is 1.81. The number of rotatable bonds is 11. The number of carbonyl (C=O) groups excluding carboxylic acids is 1. The van der Waals surface area contributed by atoms with Crippen molar-refractivity contribution in [2.75, 3.05) is 35.0 Å². The van der Waals surface area contributed by atoms with Gasteiger partial charge in [0.25, 0.3) is 0 Å². The number of nitrogens with zero attached hydrogens (tertiary/aromatic N) is 1. The van der Waals surface area contributed by atoms with Crippen LogP contribution in [0, 0.1) is 0 Å². The first kappa shape index (κ1) is 26.4. The van der Waals surface area contributed by atoms with Crippen LogP contribution < -0.4 is 18.9 Å². The lowest BCUT2D eigenvalue weighted by molar-refractivity contribution is -0.145. The molecular weight excluding hydrogens is 470 g/mol. The van der Waals surface area contributed by atoms with Crippen molar-refractivity contribution in [1.29, 1.82) is 0 Å². The summed E-state index contributed by atoms with van der Waals surface area (Å²) in [5.41, 5.74) is 4.45. The summed E-state index contributed by atoms with van der Waals surface area (Å²) in [4.78, 5) is 15.1. The summed E-state index contributed by atoms with van der Waals surface area (Å²) in [5, 5.41) is 0. The van der Waals surface area contributed by atoms with Crippen LogP contribution in [-0.2, 0) is 29.1 Å². The van der Waals surface area contributed by atoms with Crippen LogP contribution in [0.4, 0.5) is 0 Å². The molecule has 1 aliphatic heterocycles. The Labute approximate surface area is 218 Å². The van der Waals surface area contributed by atoms with Crippen LogP contribution in [-0.4, -0.2) is 45.9 Å². The van der Waals surface area contributed by atoms with E-state index >= 15 is 0 Å². The first-order valence-corrected chi connectivity index (χ1v) is 12.5. The third-order valence-corrected chi connectivity index (χ3v) is 6.81. The van der Waals surface area contributed by atoms with Crippen LogP contribution in [0.25, 0.3) is 0 Å². The highest BCUT2D eigenvalue weighted by Gasteiger charge is 2.30. The predicted molar refractivity (Wildman–Crippen MR) is 141 cm³/mol. The maximum Gasteiger partial charge on any atom is 0.306 e. The predicted octanol–water partition coefficient (Wildman–Crippen LogP) is 5.34. The van der Waals surface area contributed by atoms with Gasteiger partial charge < -0.3 is 23.7 Å².